The topological polar surface area (TPSA) is 12.9 Å². The van der Waals surface area contributed by atoms with Gasteiger partial charge in [0.25, 0.3) is 0 Å². The molecule has 7 heteroatoms. The van der Waals surface area contributed by atoms with Crippen LogP contribution in [0.4, 0.5) is 13.2 Å². The first-order chi connectivity index (χ1) is 8.80. The minimum atomic E-state index is -4.42. The molecule has 1 aromatic carbocycles. The lowest BCUT2D eigenvalue weighted by molar-refractivity contribution is -0.138. The first kappa shape index (κ1) is 14.9. The molecule has 0 aliphatic rings. The normalized spacial score (nSPS) is 11.7. The molecule has 0 bridgehead atoms. The van der Waals surface area contributed by atoms with E-state index < -0.39 is 11.7 Å². The Balaban J connectivity index is 2.58. The van der Waals surface area contributed by atoms with E-state index >= 15 is 0 Å². The first-order valence-electron chi connectivity index (χ1n) is 4.98. The maximum Gasteiger partial charge on any atom is 0.418 e. The van der Waals surface area contributed by atoms with Gasteiger partial charge in [0.15, 0.2) is 0 Å². The van der Waals surface area contributed by atoms with E-state index in [0.29, 0.717) is 21.3 Å². The molecule has 1 aromatic heterocycles. The molecule has 0 saturated carbocycles. The average molecular weight is 418 g/mol. The lowest BCUT2D eigenvalue weighted by Crippen LogP contribution is -2.08. The average Bonchev–Trinajstić information content (AvgIpc) is 2.27. The van der Waals surface area contributed by atoms with Gasteiger partial charge in [-0.2, -0.15) is 13.2 Å². The first-order valence-corrected chi connectivity index (χ1v) is 6.81. The van der Waals surface area contributed by atoms with Crippen LogP contribution in [-0.2, 0) is 6.18 Å². The zero-order valence-electron chi connectivity index (χ0n) is 9.10. The largest absolute Gasteiger partial charge is 0.418 e. The van der Waals surface area contributed by atoms with Crippen LogP contribution in [0.15, 0.2) is 30.5 Å². The van der Waals surface area contributed by atoms with E-state index in [-0.39, 0.29) is 3.57 Å². The van der Waals surface area contributed by atoms with Crippen molar-refractivity contribution < 1.29 is 13.2 Å². The van der Waals surface area contributed by atoms with Crippen LogP contribution in [0.3, 0.4) is 0 Å². The van der Waals surface area contributed by atoms with E-state index in [1.54, 1.807) is 40.8 Å². The number of pyridine rings is 1. The van der Waals surface area contributed by atoms with Crippen LogP contribution in [0, 0.1) is 3.57 Å². The summed E-state index contributed by atoms with van der Waals surface area (Å²) in [6.45, 7) is 0. The van der Waals surface area contributed by atoms with Gasteiger partial charge in [-0.15, -0.1) is 0 Å². The highest BCUT2D eigenvalue weighted by molar-refractivity contribution is 14.1. The van der Waals surface area contributed by atoms with Gasteiger partial charge in [-0.1, -0.05) is 29.3 Å². The Morgan fingerprint density at radius 2 is 1.68 bits per heavy atom. The third kappa shape index (κ3) is 3.14. The lowest BCUT2D eigenvalue weighted by Gasteiger charge is -2.11. The van der Waals surface area contributed by atoms with Gasteiger partial charge in [0.1, 0.15) is 0 Å². The Morgan fingerprint density at radius 3 is 2.16 bits per heavy atom. The Kier molecular flexibility index (Phi) is 4.27. The van der Waals surface area contributed by atoms with E-state index in [9.17, 15) is 13.2 Å². The SMILES string of the molecule is FC(F)(F)c1cnc(-c2c(Cl)cccc2Cl)cc1I. The molecule has 0 fully saturated rings. The second kappa shape index (κ2) is 5.46. The molecule has 100 valence electrons. The molecule has 0 N–H and O–H groups in total. The van der Waals surface area contributed by atoms with Gasteiger partial charge in [-0.05, 0) is 40.8 Å². The fourth-order valence-electron chi connectivity index (χ4n) is 1.52. The van der Waals surface area contributed by atoms with E-state index in [2.05, 4.69) is 4.98 Å². The zero-order chi connectivity index (χ0) is 14.2. The smallest absolute Gasteiger partial charge is 0.255 e. The molecule has 0 saturated heterocycles. The van der Waals surface area contributed by atoms with E-state index in [4.69, 9.17) is 23.2 Å². The van der Waals surface area contributed by atoms with Gasteiger partial charge in [0.05, 0.1) is 21.3 Å². The monoisotopic (exact) mass is 417 g/mol. The van der Waals surface area contributed by atoms with Crippen LogP contribution < -0.4 is 0 Å². The summed E-state index contributed by atoms with van der Waals surface area (Å²) in [6.07, 6.45) is -3.64. The van der Waals surface area contributed by atoms with Crippen LogP contribution in [0.2, 0.25) is 10.0 Å². The summed E-state index contributed by atoms with van der Waals surface area (Å²) in [4.78, 5) is 3.80. The fraction of sp³-hybridized carbons (Fsp3) is 0.0833. The third-order valence-electron chi connectivity index (χ3n) is 2.38. The number of rotatable bonds is 1. The summed E-state index contributed by atoms with van der Waals surface area (Å²) < 4.78 is 38.0. The number of hydrogen-bond acceptors (Lipinski definition) is 1. The Hall–Kier alpha value is -0.530. The second-order valence-electron chi connectivity index (χ2n) is 3.64. The summed E-state index contributed by atoms with van der Waals surface area (Å²) in [7, 11) is 0. The molecule has 19 heavy (non-hydrogen) atoms. The molecule has 2 rings (SSSR count). The van der Waals surface area contributed by atoms with Crippen molar-refractivity contribution in [3.05, 3.63) is 49.6 Å². The van der Waals surface area contributed by atoms with Crippen molar-refractivity contribution in [2.75, 3.05) is 0 Å². The maximum absolute atomic E-state index is 12.6. The summed E-state index contributed by atoms with van der Waals surface area (Å²) in [6, 6.07) is 6.18. The Labute approximate surface area is 130 Å². The predicted molar refractivity (Wildman–Crippen MR) is 77.4 cm³/mol. The quantitative estimate of drug-likeness (QED) is 0.544. The van der Waals surface area contributed by atoms with Crippen molar-refractivity contribution in [3.63, 3.8) is 0 Å². The molecule has 0 atom stereocenters. The minimum Gasteiger partial charge on any atom is -0.255 e. The van der Waals surface area contributed by atoms with Gasteiger partial charge in [0.2, 0.25) is 0 Å². The van der Waals surface area contributed by atoms with Crippen molar-refractivity contribution in [1.82, 2.24) is 4.98 Å². The van der Waals surface area contributed by atoms with Gasteiger partial charge < -0.3 is 0 Å². The summed E-state index contributed by atoms with van der Waals surface area (Å²) >= 11 is 13.6. The number of benzene rings is 1. The number of halogens is 6. The molecule has 1 nitrogen and oxygen atoms in total. The molecular weight excluding hydrogens is 413 g/mol. The molecule has 1 heterocycles. The van der Waals surface area contributed by atoms with Crippen molar-refractivity contribution in [2.24, 2.45) is 0 Å². The van der Waals surface area contributed by atoms with Crippen LogP contribution in [0.5, 0.6) is 0 Å². The third-order valence-corrected chi connectivity index (χ3v) is 3.90. The lowest BCUT2D eigenvalue weighted by atomic mass is 10.1. The maximum atomic E-state index is 12.6. The highest BCUT2D eigenvalue weighted by Gasteiger charge is 2.33. The van der Waals surface area contributed by atoms with Crippen molar-refractivity contribution >= 4 is 45.8 Å². The van der Waals surface area contributed by atoms with Gasteiger partial charge in [-0.25, -0.2) is 0 Å². The second-order valence-corrected chi connectivity index (χ2v) is 5.62. The standard InChI is InChI=1S/C12H5Cl2F3IN/c13-7-2-1-3-8(14)11(7)10-4-9(18)6(5-19-10)12(15,16)17/h1-5H. The van der Waals surface area contributed by atoms with E-state index in [0.717, 1.165) is 6.20 Å². The summed E-state index contributed by atoms with van der Waals surface area (Å²) in [5.74, 6) is 0. The van der Waals surface area contributed by atoms with Gasteiger partial charge >= 0.3 is 6.18 Å². The fourth-order valence-corrected chi connectivity index (χ4v) is 2.85. The Bertz CT molecular complexity index is 609. The molecule has 0 aliphatic heterocycles. The van der Waals surface area contributed by atoms with Crippen LogP contribution in [-0.4, -0.2) is 4.98 Å². The molecule has 0 unspecified atom stereocenters. The molecule has 0 aliphatic carbocycles. The van der Waals surface area contributed by atoms with Crippen molar-refractivity contribution in [1.29, 1.82) is 0 Å². The van der Waals surface area contributed by atoms with Crippen molar-refractivity contribution in [3.8, 4) is 11.3 Å². The Morgan fingerprint density at radius 1 is 1.11 bits per heavy atom. The molecule has 2 aromatic rings. The van der Waals surface area contributed by atoms with E-state index in [1.807, 2.05) is 0 Å². The highest BCUT2D eigenvalue weighted by atomic mass is 127. The molecule has 0 spiro atoms. The van der Waals surface area contributed by atoms with Crippen molar-refractivity contribution in [2.45, 2.75) is 6.18 Å². The van der Waals surface area contributed by atoms with Crippen LogP contribution in [0.25, 0.3) is 11.3 Å². The zero-order valence-corrected chi connectivity index (χ0v) is 12.8. The number of alkyl halides is 3. The molecule has 0 radical (unpaired) electrons. The van der Waals surface area contributed by atoms with Crippen LogP contribution >= 0.6 is 45.8 Å². The van der Waals surface area contributed by atoms with Crippen LogP contribution in [0.1, 0.15) is 5.56 Å². The minimum absolute atomic E-state index is 0.0473. The van der Waals surface area contributed by atoms with Gasteiger partial charge in [0, 0.05) is 15.3 Å². The van der Waals surface area contributed by atoms with Gasteiger partial charge in [-0.3, -0.25) is 4.98 Å². The number of nitrogens with zero attached hydrogens (tertiary/aromatic N) is 1. The number of aromatic nitrogens is 1. The molecular formula is C12H5Cl2F3IN. The summed E-state index contributed by atoms with van der Waals surface area (Å²) in [5, 5.41) is 0.686. The number of hydrogen-bond donors (Lipinski definition) is 0. The molecule has 0 amide bonds. The van der Waals surface area contributed by atoms with E-state index in [1.165, 1.54) is 6.07 Å². The highest BCUT2D eigenvalue weighted by Crippen LogP contribution is 2.37. The summed E-state index contributed by atoms with van der Waals surface area (Å²) in [5.41, 5.74) is -0.0366. The predicted octanol–water partition coefficient (Wildman–Crippen LogP) is 5.68.